The second kappa shape index (κ2) is 9.03. The lowest BCUT2D eigenvalue weighted by atomic mass is 10.2. The number of aryl methyl sites for hydroxylation is 2. The normalized spacial score (nSPS) is 10.8. The number of carbonyl (C=O) groups is 1. The molecule has 2 heterocycles. The predicted molar refractivity (Wildman–Crippen MR) is 122 cm³/mol. The molecule has 0 atom stereocenters. The van der Waals surface area contributed by atoms with Gasteiger partial charge in [0.2, 0.25) is 5.89 Å². The highest BCUT2D eigenvalue weighted by Gasteiger charge is 2.21. The maximum atomic E-state index is 12.6. The van der Waals surface area contributed by atoms with E-state index in [4.69, 9.17) is 19.6 Å². The molecule has 4 rings (SSSR count). The molecule has 1 amide bonds. The van der Waals surface area contributed by atoms with Crippen LogP contribution >= 0.6 is 0 Å². The monoisotopic (exact) mass is 448 g/mol. The van der Waals surface area contributed by atoms with Crippen LogP contribution < -0.4 is 20.5 Å². The summed E-state index contributed by atoms with van der Waals surface area (Å²) in [5, 5.41) is 10.8. The molecule has 0 saturated carbocycles. The number of aromatic nitrogens is 4. The highest BCUT2D eigenvalue weighted by Crippen LogP contribution is 2.34. The average molecular weight is 448 g/mol. The van der Waals surface area contributed by atoms with Gasteiger partial charge in [-0.1, -0.05) is 17.3 Å². The first-order valence-corrected chi connectivity index (χ1v) is 10.1. The number of nitrogens with zero attached hydrogens (tertiary/aromatic N) is 4. The maximum absolute atomic E-state index is 12.6. The van der Waals surface area contributed by atoms with E-state index in [2.05, 4.69) is 20.6 Å². The van der Waals surface area contributed by atoms with Gasteiger partial charge in [0.05, 0.1) is 26.3 Å². The molecule has 170 valence electrons. The zero-order valence-corrected chi connectivity index (χ0v) is 18.7. The Morgan fingerprint density at radius 3 is 2.70 bits per heavy atom. The van der Waals surface area contributed by atoms with Crippen molar-refractivity contribution in [3.05, 3.63) is 65.2 Å². The minimum atomic E-state index is -0.440. The number of benzene rings is 2. The van der Waals surface area contributed by atoms with Crippen molar-refractivity contribution < 1.29 is 18.7 Å². The summed E-state index contributed by atoms with van der Waals surface area (Å²) >= 11 is 0. The lowest BCUT2D eigenvalue weighted by Crippen LogP contribution is -2.15. The van der Waals surface area contributed by atoms with E-state index >= 15 is 0 Å². The molecule has 33 heavy (non-hydrogen) atoms. The number of nitrogens with one attached hydrogen (secondary N) is 1. The van der Waals surface area contributed by atoms with Crippen LogP contribution in [0.1, 0.15) is 27.5 Å². The fourth-order valence-electron chi connectivity index (χ4n) is 3.32. The topological polar surface area (TPSA) is 130 Å². The number of ether oxygens (including phenoxy) is 2. The molecule has 0 fully saturated rings. The second-order valence-corrected chi connectivity index (χ2v) is 7.39. The third-order valence-corrected chi connectivity index (χ3v) is 5.10. The van der Waals surface area contributed by atoms with E-state index in [1.807, 2.05) is 31.2 Å². The van der Waals surface area contributed by atoms with E-state index in [-0.39, 0.29) is 18.1 Å². The highest BCUT2D eigenvalue weighted by atomic mass is 16.5. The van der Waals surface area contributed by atoms with Crippen LogP contribution in [0.25, 0.3) is 11.5 Å². The van der Waals surface area contributed by atoms with Gasteiger partial charge in [-0.25, -0.2) is 9.67 Å². The number of hydrogen-bond donors (Lipinski definition) is 2. The van der Waals surface area contributed by atoms with Crippen LogP contribution in [-0.2, 0) is 6.54 Å². The van der Waals surface area contributed by atoms with Gasteiger partial charge >= 0.3 is 0 Å². The Balaban J connectivity index is 1.56. The number of hydrogen-bond acceptors (Lipinski definition) is 8. The van der Waals surface area contributed by atoms with Crippen molar-refractivity contribution in [3.63, 3.8) is 0 Å². The summed E-state index contributed by atoms with van der Waals surface area (Å²) in [5.41, 5.74) is 9.16. The van der Waals surface area contributed by atoms with Crippen LogP contribution in [0.2, 0.25) is 0 Å². The van der Waals surface area contributed by atoms with E-state index in [1.54, 1.807) is 39.3 Å². The summed E-state index contributed by atoms with van der Waals surface area (Å²) < 4.78 is 17.9. The third-order valence-electron chi connectivity index (χ3n) is 5.10. The molecule has 0 spiro atoms. The van der Waals surface area contributed by atoms with E-state index in [1.165, 1.54) is 4.68 Å². The Labute approximate surface area is 190 Å². The molecule has 4 aromatic rings. The van der Waals surface area contributed by atoms with Crippen molar-refractivity contribution in [3.8, 4) is 23.0 Å². The van der Waals surface area contributed by atoms with E-state index in [9.17, 15) is 4.79 Å². The largest absolute Gasteiger partial charge is 0.497 e. The molecular weight excluding hydrogens is 424 g/mol. The molecule has 2 aromatic carbocycles. The predicted octanol–water partition coefficient (Wildman–Crippen LogP) is 3.45. The van der Waals surface area contributed by atoms with Gasteiger partial charge in [0, 0.05) is 11.8 Å². The number of methoxy groups -OCH3 is 2. The molecule has 0 bridgehead atoms. The zero-order valence-electron chi connectivity index (χ0n) is 18.7. The van der Waals surface area contributed by atoms with Gasteiger partial charge in [0.25, 0.3) is 5.91 Å². The van der Waals surface area contributed by atoms with Gasteiger partial charge in [-0.05, 0) is 43.7 Å². The first-order chi connectivity index (χ1) is 15.9. The van der Waals surface area contributed by atoms with Gasteiger partial charge in [-0.15, -0.1) is 5.10 Å². The summed E-state index contributed by atoms with van der Waals surface area (Å²) in [6.45, 7) is 3.92. The molecule has 0 aliphatic carbocycles. The Kier molecular flexibility index (Phi) is 5.99. The van der Waals surface area contributed by atoms with Crippen molar-refractivity contribution in [1.82, 2.24) is 20.0 Å². The number of rotatable bonds is 7. The van der Waals surface area contributed by atoms with E-state index in [0.717, 1.165) is 5.56 Å². The molecule has 10 heteroatoms. The van der Waals surface area contributed by atoms with Crippen molar-refractivity contribution in [1.29, 1.82) is 0 Å². The molecule has 0 aliphatic rings. The summed E-state index contributed by atoms with van der Waals surface area (Å²) in [4.78, 5) is 17.2. The fourth-order valence-corrected chi connectivity index (χ4v) is 3.32. The van der Waals surface area contributed by atoms with Crippen molar-refractivity contribution in [2.45, 2.75) is 20.4 Å². The van der Waals surface area contributed by atoms with Crippen LogP contribution in [-0.4, -0.2) is 40.1 Å². The van der Waals surface area contributed by atoms with Crippen LogP contribution in [0.3, 0.4) is 0 Å². The van der Waals surface area contributed by atoms with E-state index < -0.39 is 5.91 Å². The van der Waals surface area contributed by atoms with Gasteiger partial charge in [0.1, 0.15) is 23.0 Å². The summed E-state index contributed by atoms with van der Waals surface area (Å²) in [5.74, 6) is 1.89. The molecule has 10 nitrogen and oxygen atoms in total. The Bertz CT molecular complexity index is 1310. The number of nitrogens with two attached hydrogens (primary N) is 1. The Morgan fingerprint density at radius 1 is 1.15 bits per heavy atom. The van der Waals surface area contributed by atoms with Crippen molar-refractivity contribution in [2.24, 2.45) is 0 Å². The number of anilines is 2. The molecule has 3 N–H and O–H groups in total. The van der Waals surface area contributed by atoms with Gasteiger partial charge < -0.3 is 24.9 Å². The summed E-state index contributed by atoms with van der Waals surface area (Å²) in [7, 11) is 3.15. The summed E-state index contributed by atoms with van der Waals surface area (Å²) in [6.07, 6.45) is 0. The van der Waals surface area contributed by atoms with Gasteiger partial charge in [0.15, 0.2) is 11.5 Å². The molecule has 0 radical (unpaired) electrons. The second-order valence-electron chi connectivity index (χ2n) is 7.39. The number of amides is 1. The number of carbonyl (C=O) groups excluding carboxylic acids is 1. The molecule has 0 unspecified atom stereocenters. The molecule has 0 saturated heterocycles. The fraction of sp³-hybridized carbons (Fsp3) is 0.217. The number of oxazole rings is 1. The third kappa shape index (κ3) is 4.49. The quantitative estimate of drug-likeness (QED) is 0.440. The molecule has 2 aromatic heterocycles. The van der Waals surface area contributed by atoms with Crippen molar-refractivity contribution in [2.75, 3.05) is 25.3 Å². The van der Waals surface area contributed by atoms with Crippen LogP contribution in [0, 0.1) is 13.8 Å². The molecule has 0 aliphatic heterocycles. The first kappa shape index (κ1) is 21.9. The smallest absolute Gasteiger partial charge is 0.280 e. The number of nitrogen functional groups attached to an aromatic ring is 1. The summed E-state index contributed by atoms with van der Waals surface area (Å²) in [6, 6.07) is 12.8. The minimum absolute atomic E-state index is 0.0368. The SMILES string of the molecule is COc1ccc(-c2nc(Cn3nnc(C(=O)Nc4cccc(C)c4)c3N)c(C)o2)c(OC)c1. The van der Waals surface area contributed by atoms with Gasteiger partial charge in [-0.3, -0.25) is 4.79 Å². The Morgan fingerprint density at radius 2 is 1.97 bits per heavy atom. The zero-order chi connectivity index (χ0) is 23.5. The van der Waals surface area contributed by atoms with Crippen LogP contribution in [0.5, 0.6) is 11.5 Å². The maximum Gasteiger partial charge on any atom is 0.280 e. The lowest BCUT2D eigenvalue weighted by molar-refractivity contribution is 0.102. The highest BCUT2D eigenvalue weighted by molar-refractivity contribution is 6.05. The standard InChI is InChI=1S/C23H24N6O4/c1-13-6-5-7-15(10-13)25-22(30)20-21(24)29(28-27-20)12-18-14(2)33-23(26-18)17-9-8-16(31-3)11-19(17)32-4/h5-11H,12,24H2,1-4H3,(H,25,30). The molecular formula is C23H24N6O4. The lowest BCUT2D eigenvalue weighted by Gasteiger charge is -2.07. The average Bonchev–Trinajstić information content (AvgIpc) is 3.35. The minimum Gasteiger partial charge on any atom is -0.497 e. The van der Waals surface area contributed by atoms with Crippen molar-refractivity contribution >= 4 is 17.4 Å². The van der Waals surface area contributed by atoms with Gasteiger partial charge in [-0.2, -0.15) is 0 Å². The van der Waals surface area contributed by atoms with Crippen LogP contribution in [0.4, 0.5) is 11.5 Å². The van der Waals surface area contributed by atoms with E-state index in [0.29, 0.717) is 40.1 Å². The van der Waals surface area contributed by atoms with Crippen LogP contribution in [0.15, 0.2) is 46.9 Å². The Hall–Kier alpha value is -4.34. The first-order valence-electron chi connectivity index (χ1n) is 10.1.